The molecule has 1 aromatic heterocycles. The molecule has 0 aliphatic heterocycles. The van der Waals surface area contributed by atoms with E-state index in [9.17, 15) is 0 Å². The molecule has 1 heterocycles. The van der Waals surface area contributed by atoms with Crippen molar-refractivity contribution in [2.75, 3.05) is 29.4 Å². The van der Waals surface area contributed by atoms with Gasteiger partial charge in [-0.05, 0) is 309 Å². The van der Waals surface area contributed by atoms with Gasteiger partial charge in [-0.1, -0.05) is 352 Å². The first kappa shape index (κ1) is 87.5. The summed E-state index contributed by atoms with van der Waals surface area (Å²) in [7, 11) is 0. The molecule has 139 heavy (non-hydrogen) atoms. The lowest BCUT2D eigenvalue weighted by Crippen LogP contribution is -2.10. The van der Waals surface area contributed by atoms with E-state index in [2.05, 4.69) is 624 Å². The Bertz CT molecular complexity index is 7250. The number of anilines is 18. The van der Waals surface area contributed by atoms with Gasteiger partial charge in [0.15, 0.2) is 0 Å². The molecule has 21 rings (SSSR count). The first-order valence-electron chi connectivity index (χ1n) is 47.1. The van der Waals surface area contributed by atoms with Crippen molar-refractivity contribution >= 4 is 207 Å². The molecule has 0 saturated heterocycles. The van der Waals surface area contributed by atoms with Crippen molar-refractivity contribution in [1.29, 1.82) is 0 Å². The Labute approximate surface area is 818 Å². The van der Waals surface area contributed by atoms with E-state index in [1.54, 1.807) is 0 Å². The summed E-state index contributed by atoms with van der Waals surface area (Å²) < 4.78 is 2.52. The van der Waals surface area contributed by atoms with Crippen LogP contribution >= 0.6 is 11.3 Å². The summed E-state index contributed by atoms with van der Waals surface area (Å²) in [6.45, 7) is 0. The second kappa shape index (κ2) is 42.0. The molecule has 662 valence electrons. The highest BCUT2D eigenvalue weighted by atomic mass is 32.1. The molecular weight excluding hydrogens is 1700 g/mol. The molecule has 0 saturated carbocycles. The molecule has 0 aliphatic rings. The quantitative estimate of drug-likeness (QED) is 0.0415. The highest BCUT2D eigenvalue weighted by Crippen LogP contribution is 2.44. The maximum absolute atomic E-state index is 2.35. The highest BCUT2D eigenvalue weighted by Gasteiger charge is 2.21. The van der Waals surface area contributed by atoms with Crippen LogP contribution in [0.2, 0.25) is 0 Å². The number of thiophene rings is 1. The Hall–Kier alpha value is -18.1. The van der Waals surface area contributed by atoms with Gasteiger partial charge in [-0.2, -0.15) is 0 Å². The number of hydrogen-bond acceptors (Lipinski definition) is 7. The third-order valence-electron chi connectivity index (χ3n) is 24.9. The molecule has 0 spiro atoms. The van der Waals surface area contributed by atoms with Gasteiger partial charge < -0.3 is 29.4 Å². The zero-order chi connectivity index (χ0) is 93.1. The van der Waals surface area contributed by atoms with Crippen molar-refractivity contribution in [2.24, 2.45) is 0 Å². The van der Waals surface area contributed by atoms with E-state index in [0.29, 0.717) is 0 Å². The largest absolute Gasteiger partial charge is 0.311 e. The van der Waals surface area contributed by atoms with Crippen molar-refractivity contribution in [2.45, 2.75) is 0 Å². The van der Waals surface area contributed by atoms with E-state index >= 15 is 0 Å². The molecule has 0 atom stereocenters. The summed E-state index contributed by atoms with van der Waals surface area (Å²) in [5.41, 5.74) is 32.9. The third kappa shape index (κ3) is 21.0. The van der Waals surface area contributed by atoms with Crippen LogP contribution in [-0.2, 0) is 0 Å². The van der Waals surface area contributed by atoms with Crippen molar-refractivity contribution in [1.82, 2.24) is 0 Å². The Morgan fingerprint density at radius 3 is 0.424 bits per heavy atom. The number of rotatable bonds is 30. The summed E-state index contributed by atoms with van der Waals surface area (Å²) in [5, 5.41) is 2.49. The number of nitrogens with zero attached hydrogens (tertiary/aromatic N) is 6. The van der Waals surface area contributed by atoms with E-state index < -0.39 is 0 Å². The lowest BCUT2D eigenvalue weighted by molar-refractivity contribution is 1.28. The van der Waals surface area contributed by atoms with Gasteiger partial charge >= 0.3 is 0 Å². The summed E-state index contributed by atoms with van der Waals surface area (Å²) in [4.78, 5) is 13.9. The van der Waals surface area contributed by atoms with E-state index in [-0.39, 0.29) is 0 Å². The van der Waals surface area contributed by atoms with Crippen LogP contribution in [0.4, 0.5) is 102 Å². The average Bonchev–Trinajstić information content (AvgIpc) is 1.63. The van der Waals surface area contributed by atoms with Gasteiger partial charge in [0, 0.05) is 123 Å². The second-order valence-electron chi connectivity index (χ2n) is 34.2. The monoisotopic (exact) mass is 1800 g/mol. The Balaban J connectivity index is 0.528. The first-order chi connectivity index (χ1) is 68.8. The van der Waals surface area contributed by atoms with Crippen molar-refractivity contribution in [3.63, 3.8) is 0 Å². The Morgan fingerprint density at radius 1 is 0.108 bits per heavy atom. The number of benzene rings is 20. The molecule has 7 heteroatoms. The molecule has 0 aliphatic carbocycles. The van der Waals surface area contributed by atoms with E-state index in [4.69, 9.17) is 0 Å². The zero-order valence-electron chi connectivity index (χ0n) is 76.7. The fourth-order valence-electron chi connectivity index (χ4n) is 17.9. The van der Waals surface area contributed by atoms with Crippen LogP contribution < -0.4 is 29.4 Å². The summed E-state index contributed by atoms with van der Waals surface area (Å²) in [6.07, 6.45) is 26.5. The predicted molar refractivity (Wildman–Crippen MR) is 600 cm³/mol. The van der Waals surface area contributed by atoms with E-state index in [0.717, 1.165) is 169 Å². The van der Waals surface area contributed by atoms with Crippen LogP contribution in [0.1, 0.15) is 66.8 Å². The molecule has 0 fully saturated rings. The summed E-state index contributed by atoms with van der Waals surface area (Å²) in [6, 6.07) is 186. The van der Waals surface area contributed by atoms with Gasteiger partial charge in [0.2, 0.25) is 0 Å². The van der Waals surface area contributed by atoms with Crippen LogP contribution in [0.5, 0.6) is 0 Å². The molecule has 21 aromatic rings. The topological polar surface area (TPSA) is 19.4 Å². The van der Waals surface area contributed by atoms with Gasteiger partial charge in [0.1, 0.15) is 0 Å². The standard InChI is InChI=1S/C132H98N6S/c1-9-29-111(30-10-1)133(112-31-11-2-12-32-112)119-77-59-99(60-78-119)47-49-101-67-85-123(86-68-101)137(127-45-25-27-107(95-127)55-51-103-63-81-121(82-64-103)135(115-37-17-5-18-38-115)116-39-19-6-20-40-116)125-89-71-105(72-90-125)53-57-109-75-93-131-129(97-109)130-98-110(76-94-132(130)139-131)58-54-106-73-91-126(92-74-106)138(124-87-69-102(70-88-124)50-48-100-61-79-120(80-62-100)134(113-33-13-3-14-34-113)114-35-15-4-16-36-114)128-46-26-28-108(96-128)56-52-104-65-83-122(84-66-104)136(117-41-21-7-22-42-117)118-43-23-8-24-44-118/h1-98H/b49-47+,50-48+,55-51+,56-52+,57-53+,58-54+. The van der Waals surface area contributed by atoms with Gasteiger partial charge in [0.25, 0.3) is 0 Å². The van der Waals surface area contributed by atoms with Crippen molar-refractivity contribution < 1.29 is 0 Å². The molecule has 0 amide bonds. The second-order valence-corrected chi connectivity index (χ2v) is 35.3. The Kier molecular flexibility index (Phi) is 26.4. The first-order valence-corrected chi connectivity index (χ1v) is 47.9. The number of fused-ring (bicyclic) bond motifs is 3. The van der Waals surface area contributed by atoms with Crippen LogP contribution in [0.25, 0.3) is 93.1 Å². The lowest BCUT2D eigenvalue weighted by atomic mass is 10.0. The smallest absolute Gasteiger partial charge is 0.0467 e. The van der Waals surface area contributed by atoms with Crippen LogP contribution in [0.3, 0.4) is 0 Å². The molecular formula is C132H98N6S. The van der Waals surface area contributed by atoms with Gasteiger partial charge in [-0.15, -0.1) is 11.3 Å². The number of hydrogen-bond donors (Lipinski definition) is 0. The molecule has 0 unspecified atom stereocenters. The highest BCUT2D eigenvalue weighted by molar-refractivity contribution is 7.25. The van der Waals surface area contributed by atoms with Crippen LogP contribution in [0, 0.1) is 0 Å². The maximum atomic E-state index is 2.35. The van der Waals surface area contributed by atoms with Gasteiger partial charge in [-0.25, -0.2) is 0 Å². The van der Waals surface area contributed by atoms with Crippen molar-refractivity contribution in [3.8, 4) is 0 Å². The molecule has 6 nitrogen and oxygen atoms in total. The SMILES string of the molecule is C(=C\c1ccc(N(c2ccc(/C=C/c3ccc4sc5ccc(/C=C/c6ccc(N(c7ccc(/C=C/c8ccc(N(c9ccccc9)c9ccccc9)cc8)cc7)c7cccc(/C=C/c8ccc(N(c9ccccc9)c9ccccc9)cc8)c7)cc6)cc5c4c3)cc2)c2cccc(/C=C/c3ccc(N(c4ccccc4)c4ccccc4)cc3)c2)cc1)/c1ccc(N(c2ccccc2)c2ccccc2)cc1. The van der Waals surface area contributed by atoms with Gasteiger partial charge in [0.05, 0.1) is 0 Å². The molecule has 20 aromatic carbocycles. The van der Waals surface area contributed by atoms with Crippen molar-refractivity contribution in [3.05, 3.63) is 588 Å². The fourth-order valence-corrected chi connectivity index (χ4v) is 19.0. The lowest BCUT2D eigenvalue weighted by Gasteiger charge is -2.26. The van der Waals surface area contributed by atoms with E-state index in [1.165, 1.54) is 20.2 Å². The molecule has 0 N–H and O–H groups in total. The number of para-hydroxylation sites is 8. The minimum Gasteiger partial charge on any atom is -0.311 e. The average molecular weight is 1800 g/mol. The maximum Gasteiger partial charge on any atom is 0.0467 e. The zero-order valence-corrected chi connectivity index (χ0v) is 77.5. The minimum atomic E-state index is 1.05. The third-order valence-corrected chi connectivity index (χ3v) is 26.1. The van der Waals surface area contributed by atoms with Crippen LogP contribution in [-0.4, -0.2) is 0 Å². The fraction of sp³-hybridized carbons (Fsp3) is 0. The normalized spacial score (nSPS) is 11.6. The molecule has 0 bridgehead atoms. The minimum absolute atomic E-state index is 1.05. The predicted octanol–water partition coefficient (Wildman–Crippen LogP) is 37.9. The molecule has 0 radical (unpaired) electrons. The van der Waals surface area contributed by atoms with Crippen LogP contribution in [0.15, 0.2) is 522 Å². The Morgan fingerprint density at radius 2 is 0.245 bits per heavy atom. The summed E-state index contributed by atoms with van der Waals surface area (Å²) >= 11 is 1.84. The van der Waals surface area contributed by atoms with Gasteiger partial charge in [-0.3, -0.25) is 0 Å². The van der Waals surface area contributed by atoms with E-state index in [1.807, 2.05) is 11.3 Å². The summed E-state index contributed by atoms with van der Waals surface area (Å²) in [5.74, 6) is 0.